The number of nitrogens with zero attached hydrogens (tertiary/aromatic N) is 1. The molecule has 2 aliphatic rings. The number of fused-ring (bicyclic) bond motifs is 1. The maximum atomic E-state index is 10.6. The molecule has 3 atom stereocenters. The van der Waals surface area contributed by atoms with E-state index >= 15 is 0 Å². The number of rotatable bonds is 6. The molecule has 0 radical (unpaired) electrons. The summed E-state index contributed by atoms with van der Waals surface area (Å²) in [6.45, 7) is 13.5. The van der Waals surface area contributed by atoms with Crippen LogP contribution in [0.1, 0.15) is 41.5 Å². The fourth-order valence-electron chi connectivity index (χ4n) is 2.62. The smallest absolute Gasteiger partial charge is 0.294 e. The van der Waals surface area contributed by atoms with Crippen molar-refractivity contribution in [1.82, 2.24) is 0 Å². The summed E-state index contributed by atoms with van der Waals surface area (Å²) in [5.41, 5.74) is -0.128. The first kappa shape index (κ1) is 19.4. The summed E-state index contributed by atoms with van der Waals surface area (Å²) in [4.78, 5) is 15.3. The van der Waals surface area contributed by atoms with E-state index in [4.69, 9.17) is 18.9 Å². The molecule has 2 heterocycles. The Bertz CT molecular complexity index is 436. The van der Waals surface area contributed by atoms with E-state index in [1.807, 2.05) is 0 Å². The van der Waals surface area contributed by atoms with Crippen molar-refractivity contribution >= 4 is 0 Å². The molecule has 0 aromatic rings. The molecule has 2 rings (SSSR count). The quantitative estimate of drug-likeness (QED) is 0.413. The Kier molecular flexibility index (Phi) is 5.44. The third-order valence-corrected chi connectivity index (χ3v) is 3.74. The van der Waals surface area contributed by atoms with E-state index in [2.05, 4.69) is 46.4 Å². The van der Waals surface area contributed by atoms with E-state index in [1.54, 1.807) is 0 Å². The third-order valence-electron chi connectivity index (χ3n) is 3.74. The van der Waals surface area contributed by atoms with Gasteiger partial charge in [-0.25, -0.2) is 0 Å². The molecule has 0 bridgehead atoms. The Morgan fingerprint density at radius 3 is 2.08 bits per heavy atom. The van der Waals surface area contributed by atoms with Crippen molar-refractivity contribution in [2.24, 2.45) is 10.8 Å². The molecule has 0 N–H and O–H groups in total. The Morgan fingerprint density at radius 1 is 1.08 bits per heavy atom. The van der Waals surface area contributed by atoms with Crippen LogP contribution in [0.15, 0.2) is 0 Å². The van der Waals surface area contributed by atoms with Crippen molar-refractivity contribution in [2.75, 3.05) is 26.4 Å². The monoisotopic (exact) mass is 347 g/mol. The summed E-state index contributed by atoms with van der Waals surface area (Å²) in [5.74, 6) is -1.07. The van der Waals surface area contributed by atoms with Crippen LogP contribution < -0.4 is 0 Å². The molecule has 0 spiro atoms. The average Bonchev–Trinajstić information content (AvgIpc) is 2.95. The van der Waals surface area contributed by atoms with Gasteiger partial charge in [0.25, 0.3) is 5.09 Å². The summed E-state index contributed by atoms with van der Waals surface area (Å²) in [5, 5.41) is 9.82. The van der Waals surface area contributed by atoms with Gasteiger partial charge >= 0.3 is 0 Å². The van der Waals surface area contributed by atoms with Crippen LogP contribution in [0.5, 0.6) is 0 Å². The first-order valence-electron chi connectivity index (χ1n) is 8.24. The normalized spacial score (nSPS) is 29.5. The molecular formula is C16H29NO7. The van der Waals surface area contributed by atoms with Crippen molar-refractivity contribution in [3.8, 4) is 0 Å². The summed E-state index contributed by atoms with van der Waals surface area (Å²) >= 11 is 0. The van der Waals surface area contributed by atoms with Gasteiger partial charge in [-0.3, -0.25) is 0 Å². The Labute approximate surface area is 142 Å². The van der Waals surface area contributed by atoms with Crippen LogP contribution in [-0.4, -0.2) is 55.6 Å². The zero-order chi connectivity index (χ0) is 18.2. The van der Waals surface area contributed by atoms with Crippen molar-refractivity contribution < 1.29 is 28.9 Å². The molecule has 2 saturated heterocycles. The molecular weight excluding hydrogens is 318 g/mol. The lowest BCUT2D eigenvalue weighted by molar-refractivity contribution is -0.769. The molecule has 140 valence electrons. The second kappa shape index (κ2) is 6.74. The highest BCUT2D eigenvalue weighted by molar-refractivity contribution is 5.01. The van der Waals surface area contributed by atoms with Crippen LogP contribution in [0.25, 0.3) is 0 Å². The van der Waals surface area contributed by atoms with Gasteiger partial charge in [0.15, 0.2) is 6.10 Å². The van der Waals surface area contributed by atoms with Crippen LogP contribution in [-0.2, 0) is 23.8 Å². The SMILES string of the molecule is CC(C)(C)COC1(OCC(C)(C)C)COC2C(O[N+](=O)[O-])COC21. The van der Waals surface area contributed by atoms with Crippen LogP contribution >= 0.6 is 0 Å². The van der Waals surface area contributed by atoms with E-state index in [1.165, 1.54) is 0 Å². The van der Waals surface area contributed by atoms with Crippen molar-refractivity contribution in [3.63, 3.8) is 0 Å². The van der Waals surface area contributed by atoms with Gasteiger partial charge in [0.2, 0.25) is 5.79 Å². The first-order valence-corrected chi connectivity index (χ1v) is 8.24. The minimum atomic E-state index is -1.07. The maximum absolute atomic E-state index is 10.6. The minimum Gasteiger partial charge on any atom is -0.367 e. The van der Waals surface area contributed by atoms with Crippen LogP contribution in [0.3, 0.4) is 0 Å². The number of ether oxygens (including phenoxy) is 4. The summed E-state index contributed by atoms with van der Waals surface area (Å²) in [6.07, 6.45) is -1.88. The zero-order valence-electron chi connectivity index (χ0n) is 15.4. The Hall–Kier alpha value is -0.960. The predicted molar refractivity (Wildman–Crippen MR) is 84.9 cm³/mol. The minimum absolute atomic E-state index is 0.0640. The van der Waals surface area contributed by atoms with Gasteiger partial charge < -0.3 is 23.8 Å². The maximum Gasteiger partial charge on any atom is 0.294 e. The van der Waals surface area contributed by atoms with Crippen molar-refractivity contribution in [3.05, 3.63) is 10.1 Å². The first-order chi connectivity index (χ1) is 10.9. The Morgan fingerprint density at radius 2 is 1.62 bits per heavy atom. The molecule has 0 aromatic carbocycles. The van der Waals surface area contributed by atoms with Crippen LogP contribution in [0.4, 0.5) is 0 Å². The van der Waals surface area contributed by atoms with E-state index in [0.29, 0.717) is 13.2 Å². The standard InChI is InChI=1S/C16H29NO7/c1-14(2,3)8-22-16(23-9-15(4,5)6)10-21-12-11(24-17(18)19)7-20-13(12)16/h11-13H,7-10H2,1-6H3. The van der Waals surface area contributed by atoms with Gasteiger partial charge in [-0.15, -0.1) is 10.1 Å². The van der Waals surface area contributed by atoms with Gasteiger partial charge in [0, 0.05) is 0 Å². The van der Waals surface area contributed by atoms with Crippen molar-refractivity contribution in [1.29, 1.82) is 0 Å². The summed E-state index contributed by atoms with van der Waals surface area (Å²) < 4.78 is 23.7. The molecule has 24 heavy (non-hydrogen) atoms. The topological polar surface area (TPSA) is 89.3 Å². The van der Waals surface area contributed by atoms with Crippen LogP contribution in [0, 0.1) is 20.9 Å². The molecule has 0 aliphatic carbocycles. The largest absolute Gasteiger partial charge is 0.367 e. The molecule has 2 fully saturated rings. The second-order valence-electron chi connectivity index (χ2n) is 8.91. The van der Waals surface area contributed by atoms with E-state index in [0.717, 1.165) is 0 Å². The van der Waals surface area contributed by atoms with E-state index in [9.17, 15) is 10.1 Å². The lowest BCUT2D eigenvalue weighted by Gasteiger charge is -2.37. The molecule has 3 unspecified atom stereocenters. The van der Waals surface area contributed by atoms with Gasteiger partial charge in [-0.1, -0.05) is 41.5 Å². The lowest BCUT2D eigenvalue weighted by Crippen LogP contribution is -2.51. The lowest BCUT2D eigenvalue weighted by atomic mass is 9.97. The van der Waals surface area contributed by atoms with Crippen LogP contribution in [0.2, 0.25) is 0 Å². The number of hydrogen-bond donors (Lipinski definition) is 0. The molecule has 2 aliphatic heterocycles. The number of hydrogen-bond acceptors (Lipinski definition) is 7. The Balaban J connectivity index is 2.13. The third kappa shape index (κ3) is 4.78. The van der Waals surface area contributed by atoms with E-state index < -0.39 is 29.2 Å². The molecule has 0 amide bonds. The fourth-order valence-corrected chi connectivity index (χ4v) is 2.62. The summed E-state index contributed by atoms with van der Waals surface area (Å²) in [6, 6.07) is 0. The zero-order valence-corrected chi connectivity index (χ0v) is 15.4. The molecule has 8 heteroatoms. The predicted octanol–water partition coefficient (Wildman–Crippen LogP) is 2.18. The second-order valence-corrected chi connectivity index (χ2v) is 8.91. The van der Waals surface area contributed by atoms with Crippen molar-refractivity contribution in [2.45, 2.75) is 65.6 Å². The van der Waals surface area contributed by atoms with Gasteiger partial charge in [0.1, 0.15) is 18.8 Å². The van der Waals surface area contributed by atoms with Gasteiger partial charge in [0.05, 0.1) is 19.8 Å². The highest BCUT2D eigenvalue weighted by Gasteiger charge is 2.60. The van der Waals surface area contributed by atoms with E-state index in [-0.39, 0.29) is 24.0 Å². The van der Waals surface area contributed by atoms with Gasteiger partial charge in [-0.2, -0.15) is 0 Å². The fraction of sp³-hybridized carbons (Fsp3) is 1.00. The highest BCUT2D eigenvalue weighted by atomic mass is 17.0. The molecule has 8 nitrogen and oxygen atoms in total. The molecule has 0 saturated carbocycles. The highest BCUT2D eigenvalue weighted by Crippen LogP contribution is 2.40. The summed E-state index contributed by atoms with van der Waals surface area (Å²) in [7, 11) is 0. The average molecular weight is 347 g/mol. The van der Waals surface area contributed by atoms with Gasteiger partial charge in [-0.05, 0) is 10.8 Å². The molecule has 0 aromatic heterocycles.